The fourth-order valence-electron chi connectivity index (χ4n) is 2.37. The van der Waals surface area contributed by atoms with Crippen molar-refractivity contribution in [2.45, 2.75) is 32.7 Å². The predicted octanol–water partition coefficient (Wildman–Crippen LogP) is 3.14. The van der Waals surface area contributed by atoms with E-state index in [0.29, 0.717) is 0 Å². The van der Waals surface area contributed by atoms with Crippen molar-refractivity contribution in [3.63, 3.8) is 0 Å². The molecule has 0 fully saturated rings. The quantitative estimate of drug-likeness (QED) is 0.857. The van der Waals surface area contributed by atoms with Crippen LogP contribution in [0.4, 0.5) is 11.5 Å². The lowest BCUT2D eigenvalue weighted by atomic mass is 10.1. The van der Waals surface area contributed by atoms with Gasteiger partial charge in [0.2, 0.25) is 0 Å². The van der Waals surface area contributed by atoms with Crippen LogP contribution in [0.3, 0.4) is 0 Å². The van der Waals surface area contributed by atoms with Crippen molar-refractivity contribution in [3.05, 3.63) is 35.5 Å². The van der Waals surface area contributed by atoms with E-state index in [4.69, 9.17) is 10.5 Å². The molecule has 1 aromatic heterocycles. The van der Waals surface area contributed by atoms with Crippen LogP contribution >= 0.6 is 0 Å². The van der Waals surface area contributed by atoms with Gasteiger partial charge in [-0.15, -0.1) is 0 Å². The van der Waals surface area contributed by atoms with Crippen LogP contribution < -0.4 is 15.8 Å². The molecule has 2 aromatic rings. The maximum Gasteiger partial charge on any atom is 0.148 e. The van der Waals surface area contributed by atoms with E-state index in [1.807, 2.05) is 23.9 Å². The molecule has 21 heavy (non-hydrogen) atoms. The normalized spacial score (nSPS) is 12.2. The number of hydrogen-bond donors (Lipinski definition) is 2. The number of benzene rings is 1. The van der Waals surface area contributed by atoms with Crippen molar-refractivity contribution < 1.29 is 4.74 Å². The molecule has 114 valence electrons. The van der Waals surface area contributed by atoms with Gasteiger partial charge in [-0.2, -0.15) is 5.10 Å². The zero-order valence-electron chi connectivity index (χ0n) is 13.2. The third-order valence-electron chi connectivity index (χ3n) is 3.62. The first-order chi connectivity index (χ1) is 10.1. The Morgan fingerprint density at radius 1 is 1.33 bits per heavy atom. The average molecular weight is 288 g/mol. The van der Waals surface area contributed by atoms with E-state index in [0.717, 1.165) is 35.8 Å². The molecule has 1 atom stereocenters. The third kappa shape index (κ3) is 3.29. The third-order valence-corrected chi connectivity index (χ3v) is 3.62. The van der Waals surface area contributed by atoms with Gasteiger partial charge in [-0.3, -0.25) is 4.68 Å². The molecule has 0 radical (unpaired) electrons. The van der Waals surface area contributed by atoms with E-state index in [-0.39, 0.29) is 6.04 Å². The number of anilines is 2. The van der Waals surface area contributed by atoms with Crippen LogP contribution in [0, 0.1) is 0 Å². The van der Waals surface area contributed by atoms with Crippen LogP contribution in [0.15, 0.2) is 24.3 Å². The summed E-state index contributed by atoms with van der Waals surface area (Å²) in [6.07, 6.45) is 1.94. The molecule has 0 saturated heterocycles. The molecule has 1 aromatic carbocycles. The lowest BCUT2D eigenvalue weighted by molar-refractivity contribution is 0.414. The van der Waals surface area contributed by atoms with Gasteiger partial charge in [0, 0.05) is 7.05 Å². The van der Waals surface area contributed by atoms with Gasteiger partial charge in [-0.1, -0.05) is 25.5 Å². The van der Waals surface area contributed by atoms with Crippen molar-refractivity contribution >= 4 is 11.5 Å². The Labute approximate surface area is 126 Å². The monoisotopic (exact) mass is 288 g/mol. The second-order valence-electron chi connectivity index (χ2n) is 5.22. The number of nitrogens with zero attached hydrogens (tertiary/aromatic N) is 2. The summed E-state index contributed by atoms with van der Waals surface area (Å²) in [7, 11) is 3.58. The minimum absolute atomic E-state index is 0.142. The second-order valence-corrected chi connectivity index (χ2v) is 5.22. The Bertz CT molecular complexity index is 589. The molecule has 1 heterocycles. The molecule has 1 unspecified atom stereocenters. The molecule has 0 spiro atoms. The highest BCUT2D eigenvalue weighted by atomic mass is 16.5. The van der Waals surface area contributed by atoms with Gasteiger partial charge in [0.25, 0.3) is 0 Å². The fraction of sp³-hybridized carbons (Fsp3) is 0.438. The number of aryl methyl sites for hydroxylation is 2. The number of hydrogen-bond acceptors (Lipinski definition) is 4. The summed E-state index contributed by atoms with van der Waals surface area (Å²) in [4.78, 5) is 0. The maximum atomic E-state index is 6.20. The van der Waals surface area contributed by atoms with E-state index >= 15 is 0 Å². The predicted molar refractivity (Wildman–Crippen MR) is 86.6 cm³/mol. The molecule has 0 aliphatic carbocycles. The second kappa shape index (κ2) is 6.52. The molecule has 3 N–H and O–H groups in total. The summed E-state index contributed by atoms with van der Waals surface area (Å²) in [6, 6.07) is 8.17. The summed E-state index contributed by atoms with van der Waals surface area (Å²) in [5.74, 6) is 1.73. The molecule has 0 saturated carbocycles. The summed E-state index contributed by atoms with van der Waals surface area (Å²) >= 11 is 0. The minimum atomic E-state index is 0.142. The number of rotatable bonds is 6. The van der Waals surface area contributed by atoms with Crippen molar-refractivity contribution in [3.8, 4) is 5.75 Å². The molecule has 0 aliphatic heterocycles. The molecule has 5 nitrogen and oxygen atoms in total. The van der Waals surface area contributed by atoms with Gasteiger partial charge >= 0.3 is 0 Å². The number of nitrogens with two attached hydrogens (primary N) is 1. The van der Waals surface area contributed by atoms with Gasteiger partial charge in [0.1, 0.15) is 11.6 Å². The van der Waals surface area contributed by atoms with Crippen LogP contribution in [0.25, 0.3) is 0 Å². The largest absolute Gasteiger partial charge is 0.497 e. The number of methoxy groups -OCH3 is 1. The SMILES string of the molecule is CCCc1nn(C)c(NC(C)c2ccc(OC)cc2)c1N. The summed E-state index contributed by atoms with van der Waals surface area (Å²) in [5.41, 5.74) is 9.08. The Kier molecular flexibility index (Phi) is 4.73. The van der Waals surface area contributed by atoms with E-state index in [9.17, 15) is 0 Å². The highest BCUT2D eigenvalue weighted by Crippen LogP contribution is 2.27. The van der Waals surface area contributed by atoms with Crippen LogP contribution in [0.1, 0.15) is 37.6 Å². The molecule has 0 bridgehead atoms. The summed E-state index contributed by atoms with van der Waals surface area (Å²) in [5, 5.41) is 7.93. The van der Waals surface area contributed by atoms with Gasteiger partial charge < -0.3 is 15.8 Å². The van der Waals surface area contributed by atoms with E-state index in [1.54, 1.807) is 7.11 Å². The van der Waals surface area contributed by atoms with E-state index in [1.165, 1.54) is 5.56 Å². The average Bonchev–Trinajstić information content (AvgIpc) is 2.75. The van der Waals surface area contributed by atoms with Crippen molar-refractivity contribution in [2.24, 2.45) is 7.05 Å². The standard InChI is InChI=1S/C16H24N4O/c1-5-6-14-15(17)16(20(3)19-14)18-11(2)12-7-9-13(21-4)10-8-12/h7-11,18H,5-6,17H2,1-4H3. The Morgan fingerprint density at radius 3 is 2.57 bits per heavy atom. The van der Waals surface area contributed by atoms with E-state index < -0.39 is 0 Å². The van der Waals surface area contributed by atoms with Crippen LogP contribution in [0.5, 0.6) is 5.75 Å². The lowest BCUT2D eigenvalue weighted by Crippen LogP contribution is -2.11. The Morgan fingerprint density at radius 2 is 2.00 bits per heavy atom. The Hall–Kier alpha value is -2.17. The first-order valence-electron chi connectivity index (χ1n) is 7.28. The Balaban J connectivity index is 2.16. The van der Waals surface area contributed by atoms with E-state index in [2.05, 4.69) is 36.4 Å². The molecule has 0 aliphatic rings. The zero-order chi connectivity index (χ0) is 15.4. The smallest absolute Gasteiger partial charge is 0.148 e. The number of ether oxygens (including phenoxy) is 1. The summed E-state index contributed by atoms with van der Waals surface area (Å²) in [6.45, 7) is 4.23. The number of nitrogens with one attached hydrogen (secondary N) is 1. The molecular formula is C16H24N4O. The van der Waals surface area contributed by atoms with Crippen LogP contribution in [-0.2, 0) is 13.5 Å². The van der Waals surface area contributed by atoms with Crippen LogP contribution in [0.2, 0.25) is 0 Å². The number of nitrogen functional groups attached to an aromatic ring is 1. The van der Waals surface area contributed by atoms with Crippen molar-refractivity contribution in [1.29, 1.82) is 0 Å². The lowest BCUT2D eigenvalue weighted by Gasteiger charge is -2.16. The molecule has 5 heteroatoms. The molecule has 2 rings (SSSR count). The maximum absolute atomic E-state index is 6.20. The van der Waals surface area contributed by atoms with Gasteiger partial charge in [-0.25, -0.2) is 0 Å². The topological polar surface area (TPSA) is 65.1 Å². The van der Waals surface area contributed by atoms with Gasteiger partial charge in [0.05, 0.1) is 24.5 Å². The van der Waals surface area contributed by atoms with Gasteiger partial charge in [0.15, 0.2) is 0 Å². The zero-order valence-corrected chi connectivity index (χ0v) is 13.2. The highest BCUT2D eigenvalue weighted by Gasteiger charge is 2.15. The van der Waals surface area contributed by atoms with Crippen molar-refractivity contribution in [1.82, 2.24) is 9.78 Å². The minimum Gasteiger partial charge on any atom is -0.497 e. The number of aromatic nitrogens is 2. The van der Waals surface area contributed by atoms with Crippen molar-refractivity contribution in [2.75, 3.05) is 18.2 Å². The highest BCUT2D eigenvalue weighted by molar-refractivity contribution is 5.65. The van der Waals surface area contributed by atoms with Crippen LogP contribution in [-0.4, -0.2) is 16.9 Å². The molecule has 0 amide bonds. The van der Waals surface area contributed by atoms with Gasteiger partial charge in [-0.05, 0) is 31.0 Å². The summed E-state index contributed by atoms with van der Waals surface area (Å²) < 4.78 is 7.00. The molecular weight excluding hydrogens is 264 g/mol. The first-order valence-corrected chi connectivity index (χ1v) is 7.28. The fourth-order valence-corrected chi connectivity index (χ4v) is 2.37. The first kappa shape index (κ1) is 15.2.